The van der Waals surface area contributed by atoms with E-state index in [1.54, 1.807) is 18.3 Å². The minimum Gasteiger partial charge on any atom is -0.360 e. The quantitative estimate of drug-likeness (QED) is 0.286. The van der Waals surface area contributed by atoms with E-state index in [2.05, 4.69) is 38.4 Å². The monoisotopic (exact) mass is 540 g/mol. The smallest absolute Gasteiger partial charge is 0.253 e. The molecule has 1 aromatic heterocycles. The number of nitrogens with zero attached hydrogens (tertiary/aromatic N) is 2. The molecule has 33 heavy (non-hydrogen) atoms. The van der Waals surface area contributed by atoms with Gasteiger partial charge in [-0.1, -0.05) is 69.5 Å². The lowest BCUT2D eigenvalue weighted by atomic mass is 10.0. The number of halogens is 3. The van der Waals surface area contributed by atoms with Crippen LogP contribution in [0.25, 0.3) is 10.9 Å². The molecule has 4 aromatic rings. The van der Waals surface area contributed by atoms with Gasteiger partial charge in [-0.3, -0.25) is 9.80 Å². The molecule has 5 nitrogen and oxygen atoms in total. The Labute approximate surface area is 209 Å². The van der Waals surface area contributed by atoms with Crippen LogP contribution in [0.2, 0.25) is 10.0 Å². The molecule has 5 rings (SSSR count). The Kier molecular flexibility index (Phi) is 6.15. The van der Waals surface area contributed by atoms with Gasteiger partial charge in [0.05, 0.1) is 34.6 Å². The highest BCUT2D eigenvalue weighted by Crippen LogP contribution is 2.39. The number of aromatic nitrogens is 1. The van der Waals surface area contributed by atoms with E-state index in [9.17, 15) is 4.79 Å². The molecule has 0 saturated carbocycles. The van der Waals surface area contributed by atoms with Crippen LogP contribution in [0.3, 0.4) is 0 Å². The summed E-state index contributed by atoms with van der Waals surface area (Å²) in [6.07, 6.45) is 2.40. The Balaban J connectivity index is 1.40. The van der Waals surface area contributed by atoms with Crippen LogP contribution in [0.5, 0.6) is 0 Å². The Morgan fingerprint density at radius 1 is 1.12 bits per heavy atom. The van der Waals surface area contributed by atoms with Gasteiger partial charge in [0.1, 0.15) is 0 Å². The molecule has 0 spiro atoms. The third kappa shape index (κ3) is 4.51. The number of benzene rings is 3. The number of hydrazone groups is 1. The minimum absolute atomic E-state index is 0.0447. The Morgan fingerprint density at radius 2 is 1.91 bits per heavy atom. The summed E-state index contributed by atoms with van der Waals surface area (Å²) in [5.41, 5.74) is 4.28. The number of hydrogen-bond donors (Lipinski definition) is 2. The number of hydrogen-bond acceptors (Lipinski definition) is 3. The molecule has 1 atom stereocenters. The summed E-state index contributed by atoms with van der Waals surface area (Å²) in [6, 6.07) is 21.2. The maximum atomic E-state index is 12.9. The fraction of sp³-hybridized carbons (Fsp3) is 0.120. The number of anilines is 1. The van der Waals surface area contributed by atoms with Crippen molar-refractivity contribution in [3.8, 4) is 0 Å². The molecule has 2 N–H and O–H groups in total. The van der Waals surface area contributed by atoms with Gasteiger partial charge < -0.3 is 10.3 Å². The lowest BCUT2D eigenvalue weighted by Gasteiger charge is -2.25. The SMILES string of the molecule is O=C(NCC1=NN(c2ccc(Cl)cc2Cl)C(c2ccc(Br)cc2)C1)c1c[nH]c2ccccc12. The standard InChI is InChI=1S/C25H19BrCl2N4O/c26-16-7-5-15(6-8-16)24-12-18(31-32(24)23-10-9-17(27)11-21(23)28)13-30-25(33)20-14-29-22-4-2-1-3-19(20)22/h1-11,14,24,29H,12-13H2,(H,30,33). The molecule has 1 aliphatic rings. The Bertz CT molecular complexity index is 1370. The van der Waals surface area contributed by atoms with Crippen molar-refractivity contribution in [1.29, 1.82) is 0 Å². The number of amides is 1. The Hall–Kier alpha value is -2.80. The van der Waals surface area contributed by atoms with Crippen LogP contribution in [-0.2, 0) is 0 Å². The number of carbonyl (C=O) groups is 1. The van der Waals surface area contributed by atoms with Crippen molar-refractivity contribution in [1.82, 2.24) is 10.3 Å². The van der Waals surface area contributed by atoms with Gasteiger partial charge in [0, 0.05) is 33.0 Å². The van der Waals surface area contributed by atoms with E-state index in [0.29, 0.717) is 28.6 Å². The molecule has 0 saturated heterocycles. The van der Waals surface area contributed by atoms with Crippen molar-refractivity contribution in [2.45, 2.75) is 12.5 Å². The maximum absolute atomic E-state index is 12.9. The predicted octanol–water partition coefficient (Wildman–Crippen LogP) is 6.97. The fourth-order valence-electron chi connectivity index (χ4n) is 4.05. The lowest BCUT2D eigenvalue weighted by molar-refractivity contribution is 0.0961. The molecule has 0 radical (unpaired) electrons. The van der Waals surface area contributed by atoms with Crippen LogP contribution in [0, 0.1) is 0 Å². The van der Waals surface area contributed by atoms with E-state index in [-0.39, 0.29) is 11.9 Å². The zero-order valence-corrected chi connectivity index (χ0v) is 20.5. The highest BCUT2D eigenvalue weighted by molar-refractivity contribution is 9.10. The highest BCUT2D eigenvalue weighted by atomic mass is 79.9. The van der Waals surface area contributed by atoms with E-state index in [0.717, 1.165) is 32.3 Å². The molecule has 2 heterocycles. The largest absolute Gasteiger partial charge is 0.360 e. The van der Waals surface area contributed by atoms with Gasteiger partial charge in [-0.05, 0) is 42.0 Å². The van der Waals surface area contributed by atoms with Gasteiger partial charge in [-0.25, -0.2) is 0 Å². The fourth-order valence-corrected chi connectivity index (χ4v) is 4.81. The van der Waals surface area contributed by atoms with E-state index in [1.807, 2.05) is 47.5 Å². The van der Waals surface area contributed by atoms with Gasteiger partial charge in [0.15, 0.2) is 0 Å². The predicted molar refractivity (Wildman–Crippen MR) is 139 cm³/mol. The molecule has 1 amide bonds. The van der Waals surface area contributed by atoms with Crippen LogP contribution in [-0.4, -0.2) is 23.1 Å². The summed E-state index contributed by atoms with van der Waals surface area (Å²) in [6.45, 7) is 0.340. The van der Waals surface area contributed by atoms with Crippen LogP contribution < -0.4 is 10.3 Å². The van der Waals surface area contributed by atoms with Gasteiger partial charge in [-0.15, -0.1) is 0 Å². The molecule has 8 heteroatoms. The summed E-state index contributed by atoms with van der Waals surface area (Å²) >= 11 is 16.1. The van der Waals surface area contributed by atoms with Crippen molar-refractivity contribution in [3.63, 3.8) is 0 Å². The molecule has 0 fully saturated rings. The number of nitrogens with one attached hydrogen (secondary N) is 2. The number of carbonyl (C=O) groups excluding carboxylic acids is 1. The van der Waals surface area contributed by atoms with E-state index in [1.165, 1.54) is 0 Å². The van der Waals surface area contributed by atoms with Gasteiger partial charge in [0.2, 0.25) is 0 Å². The molecular formula is C25H19BrCl2N4O. The second-order valence-corrected chi connectivity index (χ2v) is 9.57. The molecule has 1 aliphatic heterocycles. The van der Waals surface area contributed by atoms with Gasteiger partial charge in [-0.2, -0.15) is 5.10 Å². The number of rotatable bonds is 5. The van der Waals surface area contributed by atoms with Crippen molar-refractivity contribution in [2.24, 2.45) is 5.10 Å². The topological polar surface area (TPSA) is 60.5 Å². The van der Waals surface area contributed by atoms with E-state index < -0.39 is 0 Å². The number of aromatic amines is 1. The van der Waals surface area contributed by atoms with Crippen LogP contribution >= 0.6 is 39.1 Å². The van der Waals surface area contributed by atoms with Crippen LogP contribution in [0.4, 0.5) is 5.69 Å². The zero-order valence-electron chi connectivity index (χ0n) is 17.4. The Morgan fingerprint density at radius 3 is 2.70 bits per heavy atom. The summed E-state index contributed by atoms with van der Waals surface area (Å²) in [4.78, 5) is 16.0. The first-order chi connectivity index (χ1) is 16.0. The average Bonchev–Trinajstić information content (AvgIpc) is 3.43. The second-order valence-electron chi connectivity index (χ2n) is 7.81. The van der Waals surface area contributed by atoms with E-state index >= 15 is 0 Å². The van der Waals surface area contributed by atoms with Crippen molar-refractivity contribution in [2.75, 3.05) is 11.6 Å². The minimum atomic E-state index is -0.140. The molecule has 166 valence electrons. The van der Waals surface area contributed by atoms with Crippen molar-refractivity contribution < 1.29 is 4.79 Å². The third-order valence-electron chi connectivity index (χ3n) is 5.67. The summed E-state index contributed by atoms with van der Waals surface area (Å²) < 4.78 is 1.01. The molecular weight excluding hydrogens is 523 g/mol. The normalized spacial score (nSPS) is 15.7. The lowest BCUT2D eigenvalue weighted by Crippen LogP contribution is -2.28. The first kappa shape index (κ1) is 22.0. The summed E-state index contributed by atoms with van der Waals surface area (Å²) in [5.74, 6) is -0.140. The third-order valence-corrected chi connectivity index (χ3v) is 6.74. The first-order valence-electron chi connectivity index (χ1n) is 10.4. The van der Waals surface area contributed by atoms with Crippen molar-refractivity contribution >= 4 is 67.3 Å². The average molecular weight is 542 g/mol. The molecule has 1 unspecified atom stereocenters. The number of para-hydroxylation sites is 1. The van der Waals surface area contributed by atoms with Gasteiger partial charge in [0.25, 0.3) is 5.91 Å². The molecule has 0 aliphatic carbocycles. The highest BCUT2D eigenvalue weighted by Gasteiger charge is 2.30. The number of H-pyrrole nitrogens is 1. The zero-order chi connectivity index (χ0) is 22.9. The molecule has 0 bridgehead atoms. The second kappa shape index (κ2) is 9.21. The number of fused-ring (bicyclic) bond motifs is 1. The van der Waals surface area contributed by atoms with Crippen molar-refractivity contribution in [3.05, 3.63) is 98.6 Å². The van der Waals surface area contributed by atoms with E-state index in [4.69, 9.17) is 28.3 Å². The maximum Gasteiger partial charge on any atom is 0.253 e. The molecule has 3 aromatic carbocycles. The van der Waals surface area contributed by atoms with Crippen LogP contribution in [0.1, 0.15) is 28.4 Å². The first-order valence-corrected chi connectivity index (χ1v) is 11.9. The summed E-state index contributed by atoms with van der Waals surface area (Å²) in [7, 11) is 0. The summed E-state index contributed by atoms with van der Waals surface area (Å²) in [5, 5.41) is 11.8. The van der Waals surface area contributed by atoms with Crippen LogP contribution in [0.15, 0.2) is 82.5 Å². The van der Waals surface area contributed by atoms with Gasteiger partial charge >= 0.3 is 0 Å².